The first-order valence-corrected chi connectivity index (χ1v) is 8.89. The van der Waals surface area contributed by atoms with Crippen LogP contribution in [-0.2, 0) is 18.4 Å². The molecule has 1 saturated heterocycles. The average molecular weight is 335 g/mol. The van der Waals surface area contributed by atoms with Gasteiger partial charge in [0.25, 0.3) is 5.56 Å². The van der Waals surface area contributed by atoms with Crippen molar-refractivity contribution >= 4 is 27.5 Å². The van der Waals surface area contributed by atoms with Crippen LogP contribution in [0.5, 0.6) is 0 Å². The number of likely N-dealkylation sites (tertiary alicyclic amines) is 1. The minimum absolute atomic E-state index is 0.00329. The Morgan fingerprint density at radius 1 is 1.35 bits per heavy atom. The van der Waals surface area contributed by atoms with Gasteiger partial charge < -0.3 is 4.90 Å². The van der Waals surface area contributed by atoms with Crippen LogP contribution in [0.2, 0.25) is 0 Å². The van der Waals surface area contributed by atoms with E-state index < -0.39 is 5.69 Å². The molecule has 0 spiro atoms. The van der Waals surface area contributed by atoms with Crippen molar-refractivity contribution in [3.05, 3.63) is 32.3 Å². The molecular weight excluding hydrogens is 314 g/mol. The molecule has 2 aromatic rings. The van der Waals surface area contributed by atoms with Gasteiger partial charge in [0.05, 0.1) is 5.52 Å². The summed E-state index contributed by atoms with van der Waals surface area (Å²) in [4.78, 5) is 39.2. The number of piperidine rings is 1. The summed E-state index contributed by atoms with van der Waals surface area (Å²) in [6.07, 6.45) is 4.12. The van der Waals surface area contributed by atoms with E-state index in [0.717, 1.165) is 36.8 Å². The maximum Gasteiger partial charge on any atom is 0.331 e. The molecule has 124 valence electrons. The van der Waals surface area contributed by atoms with E-state index in [2.05, 4.69) is 6.92 Å². The molecule has 3 heterocycles. The molecule has 1 amide bonds. The van der Waals surface area contributed by atoms with E-state index in [4.69, 9.17) is 0 Å². The Bertz CT molecular complexity index is 848. The van der Waals surface area contributed by atoms with Gasteiger partial charge in [-0.1, -0.05) is 6.92 Å². The lowest BCUT2D eigenvalue weighted by Gasteiger charge is -2.35. The van der Waals surface area contributed by atoms with Gasteiger partial charge in [-0.2, -0.15) is 0 Å². The number of thiophene rings is 1. The van der Waals surface area contributed by atoms with E-state index in [1.54, 1.807) is 11.4 Å². The molecule has 1 aliphatic heterocycles. The molecule has 0 aliphatic carbocycles. The fourth-order valence-electron chi connectivity index (χ4n) is 3.33. The van der Waals surface area contributed by atoms with Crippen molar-refractivity contribution in [2.75, 3.05) is 6.54 Å². The Hall–Kier alpha value is -1.89. The van der Waals surface area contributed by atoms with Crippen LogP contribution < -0.4 is 11.2 Å². The molecule has 0 saturated carbocycles. The third-order valence-electron chi connectivity index (χ3n) is 4.66. The number of amides is 1. The maximum absolute atomic E-state index is 12.7. The predicted molar refractivity (Wildman–Crippen MR) is 91.0 cm³/mol. The van der Waals surface area contributed by atoms with E-state index in [9.17, 15) is 14.4 Å². The zero-order valence-corrected chi connectivity index (χ0v) is 14.3. The van der Waals surface area contributed by atoms with Gasteiger partial charge in [-0.25, -0.2) is 4.79 Å². The van der Waals surface area contributed by atoms with E-state index in [0.29, 0.717) is 10.2 Å². The van der Waals surface area contributed by atoms with E-state index in [1.807, 2.05) is 4.90 Å². The molecule has 6 nitrogen and oxygen atoms in total. The van der Waals surface area contributed by atoms with Crippen LogP contribution in [0, 0.1) is 0 Å². The first-order valence-electron chi connectivity index (χ1n) is 8.01. The summed E-state index contributed by atoms with van der Waals surface area (Å²) in [5.74, 6) is -0.0372. The number of aromatic nitrogens is 2. The van der Waals surface area contributed by atoms with Crippen molar-refractivity contribution in [3.63, 3.8) is 0 Å². The molecule has 0 radical (unpaired) electrons. The van der Waals surface area contributed by atoms with Crippen LogP contribution in [0.4, 0.5) is 0 Å². The lowest BCUT2D eigenvalue weighted by molar-refractivity contribution is -0.135. The topological polar surface area (TPSA) is 64.3 Å². The Morgan fingerprint density at radius 2 is 2.13 bits per heavy atom. The molecule has 0 aromatic carbocycles. The fraction of sp³-hybridized carbons (Fsp3) is 0.562. The van der Waals surface area contributed by atoms with Crippen molar-refractivity contribution < 1.29 is 4.79 Å². The van der Waals surface area contributed by atoms with Crippen LogP contribution >= 0.6 is 11.3 Å². The van der Waals surface area contributed by atoms with Gasteiger partial charge >= 0.3 is 5.69 Å². The van der Waals surface area contributed by atoms with Crippen LogP contribution in [-0.4, -0.2) is 32.5 Å². The third-order valence-corrected chi connectivity index (χ3v) is 5.56. The van der Waals surface area contributed by atoms with Crippen molar-refractivity contribution in [1.82, 2.24) is 14.0 Å². The smallest absolute Gasteiger partial charge is 0.331 e. The number of hydrogen-bond donors (Lipinski definition) is 0. The van der Waals surface area contributed by atoms with Gasteiger partial charge in [-0.05, 0) is 37.1 Å². The first kappa shape index (κ1) is 16.0. The van der Waals surface area contributed by atoms with E-state index >= 15 is 0 Å². The molecule has 0 bridgehead atoms. The summed E-state index contributed by atoms with van der Waals surface area (Å²) in [5, 5.41) is 1.78. The van der Waals surface area contributed by atoms with E-state index in [1.165, 1.54) is 23.0 Å². The quantitative estimate of drug-likeness (QED) is 0.855. The first-order chi connectivity index (χ1) is 11.0. The third kappa shape index (κ3) is 2.73. The second kappa shape index (κ2) is 6.31. The van der Waals surface area contributed by atoms with E-state index in [-0.39, 0.29) is 24.1 Å². The second-order valence-corrected chi connectivity index (χ2v) is 6.93. The number of carbonyl (C=O) groups excluding carboxylic acids is 1. The van der Waals surface area contributed by atoms with Crippen molar-refractivity contribution in [1.29, 1.82) is 0 Å². The van der Waals surface area contributed by atoms with Gasteiger partial charge in [-0.15, -0.1) is 11.3 Å². The lowest BCUT2D eigenvalue weighted by Crippen LogP contribution is -2.47. The highest BCUT2D eigenvalue weighted by Crippen LogP contribution is 2.20. The van der Waals surface area contributed by atoms with Gasteiger partial charge in [0.1, 0.15) is 11.2 Å². The molecular formula is C16H21N3O3S. The summed E-state index contributed by atoms with van der Waals surface area (Å²) in [6.45, 7) is 2.84. The molecule has 0 N–H and O–H groups in total. The average Bonchev–Trinajstić information content (AvgIpc) is 3.06. The number of hydrogen-bond acceptors (Lipinski definition) is 4. The van der Waals surface area contributed by atoms with Gasteiger partial charge in [-0.3, -0.25) is 18.7 Å². The SMILES string of the molecule is CCC1CCCCN1C(=O)Cn1c(=O)n(C)c(=O)c2sccc21. The zero-order valence-electron chi connectivity index (χ0n) is 13.4. The number of rotatable bonds is 3. The monoisotopic (exact) mass is 335 g/mol. The highest BCUT2D eigenvalue weighted by Gasteiger charge is 2.26. The van der Waals surface area contributed by atoms with Crippen molar-refractivity contribution in [2.45, 2.75) is 45.2 Å². The van der Waals surface area contributed by atoms with Crippen LogP contribution in [0.3, 0.4) is 0 Å². The molecule has 3 rings (SSSR count). The highest BCUT2D eigenvalue weighted by atomic mass is 32.1. The zero-order chi connectivity index (χ0) is 16.6. The summed E-state index contributed by atoms with van der Waals surface area (Å²) >= 11 is 1.30. The lowest BCUT2D eigenvalue weighted by atomic mass is 10.00. The van der Waals surface area contributed by atoms with Gasteiger partial charge in [0.2, 0.25) is 5.91 Å². The Morgan fingerprint density at radius 3 is 2.87 bits per heavy atom. The summed E-state index contributed by atoms with van der Waals surface area (Å²) in [6, 6.07) is 2.00. The number of carbonyl (C=O) groups is 1. The summed E-state index contributed by atoms with van der Waals surface area (Å²) < 4.78 is 3.03. The van der Waals surface area contributed by atoms with Crippen LogP contribution in [0.15, 0.2) is 21.0 Å². The van der Waals surface area contributed by atoms with Crippen LogP contribution in [0.1, 0.15) is 32.6 Å². The van der Waals surface area contributed by atoms with Crippen molar-refractivity contribution in [2.24, 2.45) is 7.05 Å². The molecule has 1 atom stereocenters. The number of fused-ring (bicyclic) bond motifs is 1. The summed E-state index contributed by atoms with van der Waals surface area (Å²) in [7, 11) is 1.46. The van der Waals surface area contributed by atoms with Gasteiger partial charge in [0, 0.05) is 19.6 Å². The fourth-order valence-corrected chi connectivity index (χ4v) is 4.20. The minimum Gasteiger partial charge on any atom is -0.338 e. The Balaban J connectivity index is 1.98. The largest absolute Gasteiger partial charge is 0.338 e. The highest BCUT2D eigenvalue weighted by molar-refractivity contribution is 7.17. The molecule has 1 fully saturated rings. The van der Waals surface area contributed by atoms with Crippen molar-refractivity contribution in [3.8, 4) is 0 Å². The maximum atomic E-state index is 12.7. The summed E-state index contributed by atoms with van der Waals surface area (Å²) in [5.41, 5.74) is -0.172. The molecule has 23 heavy (non-hydrogen) atoms. The molecule has 7 heteroatoms. The molecule has 1 aliphatic rings. The molecule has 2 aromatic heterocycles. The standard InChI is InChI=1S/C16H21N3O3S/c1-3-11-6-4-5-8-18(11)13(20)10-19-12-7-9-23-14(12)15(21)17(2)16(19)22/h7,9,11H,3-6,8,10H2,1-2H3. The number of nitrogens with zero attached hydrogens (tertiary/aromatic N) is 3. The normalized spacial score (nSPS) is 18.5. The minimum atomic E-state index is -0.431. The second-order valence-electron chi connectivity index (χ2n) is 6.01. The van der Waals surface area contributed by atoms with Gasteiger partial charge in [0.15, 0.2) is 0 Å². The molecule has 1 unspecified atom stereocenters. The Kier molecular flexibility index (Phi) is 4.39. The predicted octanol–water partition coefficient (Wildman–Crippen LogP) is 1.55. The van der Waals surface area contributed by atoms with Crippen LogP contribution in [0.25, 0.3) is 10.2 Å². The Labute approximate surface area is 138 Å².